The van der Waals surface area contributed by atoms with Gasteiger partial charge in [-0.1, -0.05) is 37.3 Å². The Balaban J connectivity index is 1.68. The van der Waals surface area contributed by atoms with E-state index in [-0.39, 0.29) is 0 Å². The van der Waals surface area contributed by atoms with Gasteiger partial charge in [0, 0.05) is 20.0 Å². The zero-order valence-corrected chi connectivity index (χ0v) is 13.9. The van der Waals surface area contributed by atoms with Gasteiger partial charge in [0.1, 0.15) is 6.54 Å². The van der Waals surface area contributed by atoms with Crippen LogP contribution in [0.2, 0.25) is 0 Å². The molecule has 1 aromatic heterocycles. The summed E-state index contributed by atoms with van der Waals surface area (Å²) in [4.78, 5) is 8.65. The van der Waals surface area contributed by atoms with Gasteiger partial charge in [-0.25, -0.2) is 4.99 Å². The molecule has 0 atom stereocenters. The van der Waals surface area contributed by atoms with Crippen LogP contribution in [0.3, 0.4) is 0 Å². The average molecular weight is 307 g/mol. The van der Waals surface area contributed by atoms with E-state index in [1.807, 2.05) is 0 Å². The number of rotatable bonds is 7. The third-order valence-electron chi connectivity index (χ3n) is 4.10. The number of nitrogens with zero attached hydrogens (tertiary/aromatic N) is 3. The lowest BCUT2D eigenvalue weighted by Crippen LogP contribution is -2.37. The molecule has 6 nitrogen and oxygen atoms in total. The number of aryl methyl sites for hydroxylation is 1. The molecule has 0 saturated heterocycles. The summed E-state index contributed by atoms with van der Waals surface area (Å²) in [5.74, 6) is 2.97. The predicted octanol–water partition coefficient (Wildman–Crippen LogP) is 2.79. The highest BCUT2D eigenvalue weighted by atomic mass is 16.5. The first-order chi connectivity index (χ1) is 10.8. The summed E-state index contributed by atoms with van der Waals surface area (Å²) >= 11 is 0. The lowest BCUT2D eigenvalue weighted by atomic mass is 9.86. The van der Waals surface area contributed by atoms with Gasteiger partial charge in [-0.2, -0.15) is 4.98 Å². The van der Waals surface area contributed by atoms with Crippen molar-refractivity contribution in [2.75, 3.05) is 13.1 Å². The summed E-state index contributed by atoms with van der Waals surface area (Å²) in [5, 5.41) is 10.5. The Kier molecular flexibility index (Phi) is 7.19. The molecule has 0 aliphatic heterocycles. The SMILES string of the molecule is CCNC(=NCc1noc(C)n1)NCCCC1CCCCC1. The molecule has 6 heteroatoms. The minimum atomic E-state index is 0.440. The summed E-state index contributed by atoms with van der Waals surface area (Å²) < 4.78 is 4.95. The van der Waals surface area contributed by atoms with Crippen molar-refractivity contribution in [3.05, 3.63) is 11.7 Å². The summed E-state index contributed by atoms with van der Waals surface area (Å²) in [6.07, 6.45) is 9.66. The lowest BCUT2D eigenvalue weighted by Gasteiger charge is -2.21. The summed E-state index contributed by atoms with van der Waals surface area (Å²) in [6.45, 7) is 6.11. The molecule has 0 amide bonds. The fourth-order valence-corrected chi connectivity index (χ4v) is 2.97. The molecular formula is C16H29N5O. The monoisotopic (exact) mass is 307 g/mol. The van der Waals surface area contributed by atoms with Crippen molar-refractivity contribution in [1.82, 2.24) is 20.8 Å². The molecular weight excluding hydrogens is 278 g/mol. The van der Waals surface area contributed by atoms with Crippen molar-refractivity contribution in [2.45, 2.75) is 65.3 Å². The Morgan fingerprint density at radius 1 is 1.27 bits per heavy atom. The van der Waals surface area contributed by atoms with Crippen LogP contribution in [0, 0.1) is 12.8 Å². The van der Waals surface area contributed by atoms with E-state index in [2.05, 4.69) is 32.7 Å². The second-order valence-electron chi connectivity index (χ2n) is 6.00. The van der Waals surface area contributed by atoms with Crippen molar-refractivity contribution in [1.29, 1.82) is 0 Å². The normalized spacial score (nSPS) is 16.7. The van der Waals surface area contributed by atoms with Gasteiger partial charge in [-0.15, -0.1) is 0 Å². The molecule has 1 aliphatic carbocycles. The number of hydrogen-bond acceptors (Lipinski definition) is 4. The first-order valence-electron chi connectivity index (χ1n) is 8.59. The zero-order chi connectivity index (χ0) is 15.6. The zero-order valence-electron chi connectivity index (χ0n) is 13.9. The highest BCUT2D eigenvalue weighted by Crippen LogP contribution is 2.26. The summed E-state index contributed by atoms with van der Waals surface area (Å²) in [7, 11) is 0. The molecule has 0 radical (unpaired) electrons. The number of guanidine groups is 1. The van der Waals surface area contributed by atoms with E-state index in [0.29, 0.717) is 18.3 Å². The van der Waals surface area contributed by atoms with Crippen LogP contribution in [0.1, 0.15) is 63.6 Å². The maximum atomic E-state index is 4.95. The molecule has 0 spiro atoms. The molecule has 1 heterocycles. The maximum absolute atomic E-state index is 4.95. The Labute approximate surface area is 133 Å². The summed E-state index contributed by atoms with van der Waals surface area (Å²) in [6, 6.07) is 0. The Morgan fingerprint density at radius 2 is 2.09 bits per heavy atom. The maximum Gasteiger partial charge on any atom is 0.223 e. The second kappa shape index (κ2) is 9.43. The molecule has 124 valence electrons. The van der Waals surface area contributed by atoms with Crippen molar-refractivity contribution < 1.29 is 4.52 Å². The number of nitrogens with one attached hydrogen (secondary N) is 2. The molecule has 2 rings (SSSR count). The van der Waals surface area contributed by atoms with Crippen LogP contribution in [-0.4, -0.2) is 29.2 Å². The van der Waals surface area contributed by atoms with Gasteiger partial charge in [0.25, 0.3) is 0 Å². The topological polar surface area (TPSA) is 75.3 Å². The van der Waals surface area contributed by atoms with Gasteiger partial charge in [-0.3, -0.25) is 0 Å². The van der Waals surface area contributed by atoms with E-state index in [9.17, 15) is 0 Å². The van der Waals surface area contributed by atoms with E-state index < -0.39 is 0 Å². The molecule has 0 aromatic carbocycles. The van der Waals surface area contributed by atoms with Gasteiger partial charge in [0.2, 0.25) is 5.89 Å². The van der Waals surface area contributed by atoms with Gasteiger partial charge < -0.3 is 15.2 Å². The van der Waals surface area contributed by atoms with Crippen LogP contribution in [0.4, 0.5) is 0 Å². The van der Waals surface area contributed by atoms with Crippen molar-refractivity contribution in [2.24, 2.45) is 10.9 Å². The molecule has 1 aliphatic rings. The first-order valence-corrected chi connectivity index (χ1v) is 8.59. The third-order valence-corrected chi connectivity index (χ3v) is 4.10. The highest BCUT2D eigenvalue weighted by Gasteiger charge is 2.12. The molecule has 0 bridgehead atoms. The van der Waals surface area contributed by atoms with Crippen LogP contribution < -0.4 is 10.6 Å². The number of aliphatic imine (C=N–C) groups is 1. The van der Waals surface area contributed by atoms with Crippen LogP contribution in [0.25, 0.3) is 0 Å². The van der Waals surface area contributed by atoms with Crippen molar-refractivity contribution in [3.8, 4) is 0 Å². The van der Waals surface area contributed by atoms with Crippen LogP contribution in [0.15, 0.2) is 9.52 Å². The van der Waals surface area contributed by atoms with Gasteiger partial charge in [-0.05, 0) is 25.7 Å². The Hall–Kier alpha value is -1.59. The first kappa shape index (κ1) is 16.8. The van der Waals surface area contributed by atoms with Crippen LogP contribution in [-0.2, 0) is 6.54 Å². The molecule has 1 saturated carbocycles. The smallest absolute Gasteiger partial charge is 0.223 e. The molecule has 1 fully saturated rings. The van der Waals surface area contributed by atoms with Crippen molar-refractivity contribution in [3.63, 3.8) is 0 Å². The van der Waals surface area contributed by atoms with E-state index in [0.717, 1.165) is 25.0 Å². The minimum absolute atomic E-state index is 0.440. The quantitative estimate of drug-likeness (QED) is 0.460. The average Bonchev–Trinajstić information content (AvgIpc) is 2.95. The third kappa shape index (κ3) is 6.03. The largest absolute Gasteiger partial charge is 0.357 e. The number of hydrogen-bond donors (Lipinski definition) is 2. The van der Waals surface area contributed by atoms with Gasteiger partial charge >= 0.3 is 0 Å². The molecule has 1 aromatic rings. The second-order valence-corrected chi connectivity index (χ2v) is 6.00. The number of aromatic nitrogens is 2. The minimum Gasteiger partial charge on any atom is -0.357 e. The molecule has 22 heavy (non-hydrogen) atoms. The van der Waals surface area contributed by atoms with Gasteiger partial charge in [0.15, 0.2) is 11.8 Å². The lowest BCUT2D eigenvalue weighted by molar-refractivity contribution is 0.332. The van der Waals surface area contributed by atoms with Crippen LogP contribution in [0.5, 0.6) is 0 Å². The van der Waals surface area contributed by atoms with E-state index in [4.69, 9.17) is 4.52 Å². The van der Waals surface area contributed by atoms with Gasteiger partial charge in [0.05, 0.1) is 0 Å². The standard InChI is InChI=1S/C16H29N5O/c1-3-17-16(19-12-15-20-13(2)22-21-15)18-11-7-10-14-8-5-4-6-9-14/h14H,3-12H2,1-2H3,(H2,17,18,19). The molecule has 2 N–H and O–H groups in total. The molecule has 0 unspecified atom stereocenters. The highest BCUT2D eigenvalue weighted by molar-refractivity contribution is 5.79. The Morgan fingerprint density at radius 3 is 2.77 bits per heavy atom. The van der Waals surface area contributed by atoms with E-state index in [1.54, 1.807) is 6.92 Å². The fourth-order valence-electron chi connectivity index (χ4n) is 2.97. The Bertz CT molecular complexity index is 451. The fraction of sp³-hybridized carbons (Fsp3) is 0.812. The van der Waals surface area contributed by atoms with E-state index in [1.165, 1.54) is 44.9 Å². The summed E-state index contributed by atoms with van der Waals surface area (Å²) in [5.41, 5.74) is 0. The van der Waals surface area contributed by atoms with Crippen molar-refractivity contribution >= 4 is 5.96 Å². The van der Waals surface area contributed by atoms with Crippen LogP contribution >= 0.6 is 0 Å². The predicted molar refractivity (Wildman–Crippen MR) is 87.7 cm³/mol. The van der Waals surface area contributed by atoms with E-state index >= 15 is 0 Å².